The summed E-state index contributed by atoms with van der Waals surface area (Å²) in [4.78, 5) is 15.7. The molecule has 134 valence electrons. The van der Waals surface area contributed by atoms with Crippen molar-refractivity contribution < 1.29 is 9.18 Å². The Bertz CT molecular complexity index is 920. The van der Waals surface area contributed by atoms with Gasteiger partial charge in [-0.05, 0) is 42.2 Å². The third-order valence-corrected chi connectivity index (χ3v) is 5.15. The molecule has 4 nitrogen and oxygen atoms in total. The minimum absolute atomic E-state index is 0.00978. The Balaban J connectivity index is 1.61. The smallest absolute Gasteiger partial charge is 0.237 e. The number of hydrogen-bond acceptors (Lipinski definition) is 2. The molecule has 5 heteroatoms. The molecule has 0 radical (unpaired) electrons. The summed E-state index contributed by atoms with van der Waals surface area (Å²) in [6.45, 7) is 1.36. The van der Waals surface area contributed by atoms with Crippen LogP contribution in [0.25, 0.3) is 10.9 Å². The van der Waals surface area contributed by atoms with Crippen LogP contribution in [0.3, 0.4) is 0 Å². The van der Waals surface area contributed by atoms with Crippen LogP contribution in [0, 0.1) is 5.82 Å². The van der Waals surface area contributed by atoms with E-state index in [0.717, 1.165) is 30.5 Å². The minimum atomic E-state index is -0.337. The zero-order valence-corrected chi connectivity index (χ0v) is 14.5. The lowest BCUT2D eigenvalue weighted by Crippen LogP contribution is -2.55. The van der Waals surface area contributed by atoms with Gasteiger partial charge in [-0.15, -0.1) is 0 Å². The summed E-state index contributed by atoms with van der Waals surface area (Å²) in [6.07, 6.45) is 3.61. The SMILES string of the molecule is O=C1NCCN[C@H]1C(CCc1c[nH]c2ccccc12)c1cccc(F)c1. The Labute approximate surface area is 151 Å². The summed E-state index contributed by atoms with van der Waals surface area (Å²) in [5, 5.41) is 7.43. The largest absolute Gasteiger partial charge is 0.361 e. The minimum Gasteiger partial charge on any atom is -0.361 e. The van der Waals surface area contributed by atoms with Gasteiger partial charge in [0.15, 0.2) is 0 Å². The molecule has 3 aromatic rings. The van der Waals surface area contributed by atoms with Gasteiger partial charge in [-0.25, -0.2) is 4.39 Å². The number of halogens is 1. The Hall–Kier alpha value is -2.66. The van der Waals surface area contributed by atoms with Crippen LogP contribution in [-0.4, -0.2) is 30.0 Å². The molecule has 1 amide bonds. The molecule has 1 saturated heterocycles. The van der Waals surface area contributed by atoms with E-state index in [2.05, 4.69) is 27.8 Å². The molecule has 0 saturated carbocycles. The molecule has 1 unspecified atom stereocenters. The molecular formula is C21H22FN3O. The van der Waals surface area contributed by atoms with Crippen molar-refractivity contribution in [2.75, 3.05) is 13.1 Å². The summed E-state index contributed by atoms with van der Waals surface area (Å²) in [5.41, 5.74) is 3.19. The molecule has 1 aromatic heterocycles. The fraction of sp³-hybridized carbons (Fsp3) is 0.286. The van der Waals surface area contributed by atoms with Gasteiger partial charge in [-0.2, -0.15) is 0 Å². The number of piperazine rings is 1. The molecule has 1 aliphatic rings. The van der Waals surface area contributed by atoms with Crippen LogP contribution in [0.1, 0.15) is 23.5 Å². The molecular weight excluding hydrogens is 329 g/mol. The Morgan fingerprint density at radius 3 is 2.85 bits per heavy atom. The maximum Gasteiger partial charge on any atom is 0.237 e. The van der Waals surface area contributed by atoms with Crippen molar-refractivity contribution in [1.82, 2.24) is 15.6 Å². The van der Waals surface area contributed by atoms with Crippen LogP contribution in [0.15, 0.2) is 54.7 Å². The first-order valence-electron chi connectivity index (χ1n) is 9.04. The highest BCUT2D eigenvalue weighted by atomic mass is 19.1. The molecule has 0 aliphatic carbocycles. The first kappa shape index (κ1) is 16.8. The summed E-state index contributed by atoms with van der Waals surface area (Å²) < 4.78 is 13.8. The number of nitrogens with one attached hydrogen (secondary N) is 3. The number of aromatic nitrogens is 1. The number of hydrogen-bond donors (Lipinski definition) is 3. The van der Waals surface area contributed by atoms with Gasteiger partial charge < -0.3 is 15.6 Å². The monoisotopic (exact) mass is 351 g/mol. The van der Waals surface area contributed by atoms with E-state index in [0.29, 0.717) is 6.54 Å². The maximum atomic E-state index is 13.8. The lowest BCUT2D eigenvalue weighted by atomic mass is 9.85. The molecule has 0 spiro atoms. The molecule has 1 aliphatic heterocycles. The van der Waals surface area contributed by atoms with Crippen molar-refractivity contribution in [2.45, 2.75) is 24.8 Å². The number of aryl methyl sites for hydroxylation is 1. The van der Waals surface area contributed by atoms with Crippen LogP contribution in [-0.2, 0) is 11.2 Å². The van der Waals surface area contributed by atoms with Crippen molar-refractivity contribution in [3.63, 3.8) is 0 Å². The van der Waals surface area contributed by atoms with E-state index in [4.69, 9.17) is 0 Å². The number of rotatable bonds is 5. The Morgan fingerprint density at radius 2 is 2.00 bits per heavy atom. The van der Waals surface area contributed by atoms with Crippen LogP contribution in [0.2, 0.25) is 0 Å². The van der Waals surface area contributed by atoms with Crippen molar-refractivity contribution in [3.8, 4) is 0 Å². The van der Waals surface area contributed by atoms with Crippen molar-refractivity contribution in [3.05, 3.63) is 71.7 Å². The Morgan fingerprint density at radius 1 is 1.12 bits per heavy atom. The lowest BCUT2D eigenvalue weighted by molar-refractivity contribution is -0.124. The number of amides is 1. The topological polar surface area (TPSA) is 56.9 Å². The average molecular weight is 351 g/mol. The van der Waals surface area contributed by atoms with Gasteiger partial charge in [-0.3, -0.25) is 4.79 Å². The molecule has 2 aromatic carbocycles. The predicted molar refractivity (Wildman–Crippen MR) is 101 cm³/mol. The second-order valence-electron chi connectivity index (χ2n) is 6.78. The number of aromatic amines is 1. The van der Waals surface area contributed by atoms with E-state index >= 15 is 0 Å². The molecule has 4 rings (SSSR count). The fourth-order valence-electron chi connectivity index (χ4n) is 3.85. The van der Waals surface area contributed by atoms with Gasteiger partial charge in [0, 0.05) is 36.1 Å². The van der Waals surface area contributed by atoms with E-state index in [-0.39, 0.29) is 23.7 Å². The van der Waals surface area contributed by atoms with Gasteiger partial charge in [-0.1, -0.05) is 30.3 Å². The zero-order chi connectivity index (χ0) is 17.9. The second-order valence-corrected chi connectivity index (χ2v) is 6.78. The van der Waals surface area contributed by atoms with E-state index in [9.17, 15) is 9.18 Å². The van der Waals surface area contributed by atoms with Crippen LogP contribution in [0.4, 0.5) is 4.39 Å². The average Bonchev–Trinajstić information content (AvgIpc) is 3.07. The molecule has 2 atom stereocenters. The number of benzene rings is 2. The first-order chi connectivity index (χ1) is 12.7. The quantitative estimate of drug-likeness (QED) is 0.662. The Kier molecular flexibility index (Phi) is 4.71. The molecule has 26 heavy (non-hydrogen) atoms. The van der Waals surface area contributed by atoms with Gasteiger partial charge >= 0.3 is 0 Å². The molecule has 2 heterocycles. The fourth-order valence-corrected chi connectivity index (χ4v) is 3.85. The van der Waals surface area contributed by atoms with E-state index in [1.54, 1.807) is 12.1 Å². The van der Waals surface area contributed by atoms with E-state index in [1.165, 1.54) is 17.0 Å². The third kappa shape index (κ3) is 3.35. The van der Waals surface area contributed by atoms with E-state index in [1.807, 2.05) is 24.4 Å². The van der Waals surface area contributed by atoms with Crippen molar-refractivity contribution in [2.24, 2.45) is 0 Å². The molecule has 0 bridgehead atoms. The normalized spacial score (nSPS) is 18.7. The number of fused-ring (bicyclic) bond motifs is 1. The number of para-hydroxylation sites is 1. The lowest BCUT2D eigenvalue weighted by Gasteiger charge is -2.31. The van der Waals surface area contributed by atoms with Gasteiger partial charge in [0.1, 0.15) is 5.82 Å². The molecule has 3 N–H and O–H groups in total. The van der Waals surface area contributed by atoms with Gasteiger partial charge in [0.2, 0.25) is 5.91 Å². The standard InChI is InChI=1S/C21H22FN3O/c22-16-5-3-4-14(12-16)18(20-21(26)24-11-10-23-20)9-8-15-13-25-19-7-2-1-6-17(15)19/h1-7,12-13,18,20,23,25H,8-11H2,(H,24,26)/t18?,20-/m0/s1. The first-order valence-corrected chi connectivity index (χ1v) is 9.04. The highest BCUT2D eigenvalue weighted by Crippen LogP contribution is 2.29. The van der Waals surface area contributed by atoms with Crippen LogP contribution < -0.4 is 10.6 Å². The highest BCUT2D eigenvalue weighted by molar-refractivity contribution is 5.84. The van der Waals surface area contributed by atoms with Gasteiger partial charge in [0.25, 0.3) is 0 Å². The zero-order valence-electron chi connectivity index (χ0n) is 14.5. The van der Waals surface area contributed by atoms with Gasteiger partial charge in [0.05, 0.1) is 6.04 Å². The van der Waals surface area contributed by atoms with Crippen molar-refractivity contribution >= 4 is 16.8 Å². The third-order valence-electron chi connectivity index (χ3n) is 5.15. The summed E-state index contributed by atoms with van der Waals surface area (Å²) in [6, 6.07) is 14.5. The van der Waals surface area contributed by atoms with Crippen molar-refractivity contribution in [1.29, 1.82) is 0 Å². The maximum absolute atomic E-state index is 13.8. The van der Waals surface area contributed by atoms with Crippen LogP contribution >= 0.6 is 0 Å². The number of H-pyrrole nitrogens is 1. The highest BCUT2D eigenvalue weighted by Gasteiger charge is 2.31. The number of carbonyl (C=O) groups is 1. The molecule has 1 fully saturated rings. The summed E-state index contributed by atoms with van der Waals surface area (Å²) in [7, 11) is 0. The summed E-state index contributed by atoms with van der Waals surface area (Å²) >= 11 is 0. The number of carbonyl (C=O) groups excluding carboxylic acids is 1. The van der Waals surface area contributed by atoms with Crippen LogP contribution in [0.5, 0.6) is 0 Å². The van der Waals surface area contributed by atoms with E-state index < -0.39 is 0 Å². The second kappa shape index (κ2) is 7.30. The summed E-state index contributed by atoms with van der Waals surface area (Å²) in [5.74, 6) is -0.361. The predicted octanol–water partition coefficient (Wildman–Crippen LogP) is 3.11.